The Morgan fingerprint density at radius 2 is 1.78 bits per heavy atom. The fourth-order valence-electron chi connectivity index (χ4n) is 6.44. The van der Waals surface area contributed by atoms with Crippen molar-refractivity contribution in [3.8, 4) is 5.75 Å². The summed E-state index contributed by atoms with van der Waals surface area (Å²) in [6.45, 7) is 6.02. The van der Waals surface area contributed by atoms with Gasteiger partial charge in [0.1, 0.15) is 11.6 Å². The van der Waals surface area contributed by atoms with Gasteiger partial charge in [0, 0.05) is 68.0 Å². The van der Waals surface area contributed by atoms with E-state index in [2.05, 4.69) is 22.2 Å². The van der Waals surface area contributed by atoms with Crippen molar-refractivity contribution in [2.24, 2.45) is 0 Å². The predicted octanol–water partition coefficient (Wildman–Crippen LogP) is 2.64. The molecular formula is C28H35N5O3. The number of nitrogens with zero attached hydrogens (tertiary/aromatic N) is 4. The number of benzene rings is 1. The van der Waals surface area contributed by atoms with Crippen LogP contribution in [0.5, 0.6) is 5.75 Å². The summed E-state index contributed by atoms with van der Waals surface area (Å²) >= 11 is 0. The van der Waals surface area contributed by atoms with Crippen molar-refractivity contribution in [2.45, 2.75) is 57.2 Å². The second-order valence-electron chi connectivity index (χ2n) is 10.8. The Morgan fingerprint density at radius 3 is 2.47 bits per heavy atom. The van der Waals surface area contributed by atoms with Gasteiger partial charge in [-0.05, 0) is 63.4 Å². The molecule has 1 aromatic carbocycles. The molecule has 190 valence electrons. The molecule has 1 aromatic heterocycles. The Morgan fingerprint density at radius 1 is 1.03 bits per heavy atom. The Labute approximate surface area is 212 Å². The molecule has 2 amide bonds. The van der Waals surface area contributed by atoms with Gasteiger partial charge in [0.15, 0.2) is 0 Å². The Balaban J connectivity index is 1.10. The number of fused-ring (bicyclic) bond motifs is 3. The number of nitrogens with one attached hydrogen (secondary N) is 1. The van der Waals surface area contributed by atoms with E-state index in [9.17, 15) is 9.59 Å². The summed E-state index contributed by atoms with van der Waals surface area (Å²) in [5, 5.41) is 3.31. The molecule has 0 spiro atoms. The minimum atomic E-state index is -0.00598. The number of hydrogen-bond donors (Lipinski definition) is 1. The van der Waals surface area contributed by atoms with Crippen LogP contribution in [0, 0.1) is 6.92 Å². The second kappa shape index (κ2) is 9.39. The molecule has 8 nitrogen and oxygen atoms in total. The van der Waals surface area contributed by atoms with Crippen LogP contribution in [0.25, 0.3) is 0 Å². The minimum Gasteiger partial charge on any atom is -0.493 e. The molecule has 0 saturated carbocycles. The van der Waals surface area contributed by atoms with Crippen molar-refractivity contribution in [3.05, 3.63) is 52.7 Å². The van der Waals surface area contributed by atoms with Crippen molar-refractivity contribution in [3.63, 3.8) is 0 Å². The number of carbonyl (C=O) groups is 2. The third-order valence-corrected chi connectivity index (χ3v) is 8.47. The molecule has 3 saturated heterocycles. The van der Waals surface area contributed by atoms with Gasteiger partial charge in [-0.3, -0.25) is 9.59 Å². The van der Waals surface area contributed by atoms with Gasteiger partial charge in [-0.2, -0.15) is 0 Å². The quantitative estimate of drug-likeness (QED) is 0.712. The van der Waals surface area contributed by atoms with Crippen LogP contribution < -0.4 is 15.0 Å². The average Bonchev–Trinajstić information content (AvgIpc) is 3.47. The van der Waals surface area contributed by atoms with Gasteiger partial charge in [0.25, 0.3) is 11.8 Å². The summed E-state index contributed by atoms with van der Waals surface area (Å²) in [7, 11) is 2.09. The number of carbonyl (C=O) groups excluding carboxylic acids is 2. The topological polar surface area (TPSA) is 78.0 Å². The first-order valence-electron chi connectivity index (χ1n) is 13.3. The van der Waals surface area contributed by atoms with Crippen molar-refractivity contribution >= 4 is 17.6 Å². The smallest absolute Gasteiger partial charge is 0.255 e. The lowest BCUT2D eigenvalue weighted by molar-refractivity contribution is 0.0663. The molecule has 3 atom stereocenters. The van der Waals surface area contributed by atoms with Crippen molar-refractivity contribution in [1.29, 1.82) is 0 Å². The Hall–Kier alpha value is -3.13. The average molecular weight is 490 g/mol. The van der Waals surface area contributed by atoms with Crippen LogP contribution >= 0.6 is 0 Å². The highest BCUT2D eigenvalue weighted by atomic mass is 16.5. The Kier molecular flexibility index (Phi) is 6.07. The van der Waals surface area contributed by atoms with Crippen LogP contribution in [0.2, 0.25) is 0 Å². The maximum atomic E-state index is 13.1. The highest BCUT2D eigenvalue weighted by molar-refractivity contribution is 5.97. The first-order chi connectivity index (χ1) is 17.5. The molecule has 0 radical (unpaired) electrons. The fourth-order valence-corrected chi connectivity index (χ4v) is 6.44. The largest absolute Gasteiger partial charge is 0.493 e. The van der Waals surface area contributed by atoms with Gasteiger partial charge in [0.05, 0.1) is 12.2 Å². The molecule has 1 N–H and O–H groups in total. The van der Waals surface area contributed by atoms with E-state index in [1.807, 2.05) is 36.1 Å². The van der Waals surface area contributed by atoms with Gasteiger partial charge in [-0.15, -0.1) is 0 Å². The number of ether oxygens (including phenoxy) is 1. The van der Waals surface area contributed by atoms with E-state index >= 15 is 0 Å². The van der Waals surface area contributed by atoms with Crippen LogP contribution in [-0.2, 0) is 6.42 Å². The number of piperidine rings is 1. The van der Waals surface area contributed by atoms with E-state index < -0.39 is 0 Å². The number of anilines is 1. The Bertz CT molecular complexity index is 1140. The lowest BCUT2D eigenvalue weighted by Gasteiger charge is -2.40. The summed E-state index contributed by atoms with van der Waals surface area (Å²) in [5.74, 6) is 1.89. The number of likely N-dealkylation sites (N-methyl/N-ethyl adjacent to an activating group) is 1. The number of rotatable bonds is 4. The van der Waals surface area contributed by atoms with Crippen LogP contribution in [-0.4, -0.2) is 84.6 Å². The molecule has 36 heavy (non-hydrogen) atoms. The molecule has 0 aliphatic carbocycles. The minimum absolute atomic E-state index is 0.00598. The van der Waals surface area contributed by atoms with Gasteiger partial charge in [-0.1, -0.05) is 6.07 Å². The molecule has 8 heteroatoms. The summed E-state index contributed by atoms with van der Waals surface area (Å²) in [6, 6.07) is 8.75. The maximum Gasteiger partial charge on any atom is 0.255 e. The number of pyridine rings is 1. The lowest BCUT2D eigenvalue weighted by Crippen LogP contribution is -2.51. The molecule has 2 aromatic rings. The summed E-state index contributed by atoms with van der Waals surface area (Å²) in [5.41, 5.74) is 3.51. The lowest BCUT2D eigenvalue weighted by atomic mass is 9.96. The van der Waals surface area contributed by atoms with Crippen LogP contribution in [0.4, 0.5) is 5.82 Å². The van der Waals surface area contributed by atoms with Crippen molar-refractivity contribution in [1.82, 2.24) is 20.1 Å². The first-order valence-corrected chi connectivity index (χ1v) is 13.3. The maximum absolute atomic E-state index is 13.1. The van der Waals surface area contributed by atoms with E-state index in [4.69, 9.17) is 9.72 Å². The molecule has 6 rings (SSSR count). The van der Waals surface area contributed by atoms with Gasteiger partial charge < -0.3 is 24.8 Å². The molecular weight excluding hydrogens is 454 g/mol. The zero-order valence-corrected chi connectivity index (χ0v) is 21.2. The molecule has 5 heterocycles. The predicted molar refractivity (Wildman–Crippen MR) is 138 cm³/mol. The number of hydrogen-bond acceptors (Lipinski definition) is 6. The summed E-state index contributed by atoms with van der Waals surface area (Å²) < 4.78 is 5.76. The highest BCUT2D eigenvalue weighted by Gasteiger charge is 2.42. The SMILES string of the molecule is Cc1c(C(=O)NC2C[C@H]3CC[C@@H](C2)N3c2ccc(C(=O)N3CCN(C)CC3)cn2)ccc2c1OCC2. The number of piperazine rings is 1. The third-order valence-electron chi connectivity index (χ3n) is 8.47. The monoisotopic (exact) mass is 489 g/mol. The molecule has 3 fully saturated rings. The van der Waals surface area contributed by atoms with E-state index in [0.29, 0.717) is 29.8 Å². The molecule has 4 aliphatic rings. The summed E-state index contributed by atoms with van der Waals surface area (Å²) in [4.78, 5) is 37.3. The molecule has 2 bridgehead atoms. The van der Waals surface area contributed by atoms with E-state index in [1.54, 1.807) is 6.20 Å². The van der Waals surface area contributed by atoms with Gasteiger partial charge >= 0.3 is 0 Å². The first kappa shape index (κ1) is 23.3. The fraction of sp³-hybridized carbons (Fsp3) is 0.536. The summed E-state index contributed by atoms with van der Waals surface area (Å²) in [6.07, 6.45) is 6.68. The van der Waals surface area contributed by atoms with Crippen LogP contribution in [0.1, 0.15) is 57.5 Å². The third kappa shape index (κ3) is 4.21. The van der Waals surface area contributed by atoms with Crippen molar-refractivity contribution < 1.29 is 14.3 Å². The van der Waals surface area contributed by atoms with E-state index in [1.165, 1.54) is 5.56 Å². The van der Waals surface area contributed by atoms with Gasteiger partial charge in [-0.25, -0.2) is 4.98 Å². The second-order valence-corrected chi connectivity index (χ2v) is 10.8. The van der Waals surface area contributed by atoms with E-state index in [-0.39, 0.29) is 17.9 Å². The van der Waals surface area contributed by atoms with Crippen LogP contribution in [0.15, 0.2) is 30.5 Å². The van der Waals surface area contributed by atoms with E-state index in [0.717, 1.165) is 75.4 Å². The standard InChI is InChI=1S/C28H35N5O3/c1-18-24(7-3-19-9-14-36-26(18)19)27(34)30-21-15-22-5-6-23(16-21)33(22)25-8-4-20(17-29-25)28(35)32-12-10-31(2)11-13-32/h3-4,7-8,17,21-23H,5-6,9-16H2,1-2H3,(H,30,34)/t21?,22-,23+. The number of aromatic nitrogens is 1. The van der Waals surface area contributed by atoms with Crippen LogP contribution in [0.3, 0.4) is 0 Å². The highest BCUT2D eigenvalue weighted by Crippen LogP contribution is 2.39. The zero-order chi connectivity index (χ0) is 24.8. The normalized spacial score (nSPS) is 25.4. The van der Waals surface area contributed by atoms with Gasteiger partial charge in [0.2, 0.25) is 0 Å². The van der Waals surface area contributed by atoms with Crippen molar-refractivity contribution in [2.75, 3.05) is 44.7 Å². The molecule has 1 unspecified atom stereocenters. The number of amides is 2. The zero-order valence-electron chi connectivity index (χ0n) is 21.2. The molecule has 4 aliphatic heterocycles.